The number of hydrogen-bond donors (Lipinski definition) is 2. The fourth-order valence-electron chi connectivity index (χ4n) is 2.55. The van der Waals surface area contributed by atoms with Gasteiger partial charge >= 0.3 is 0 Å². The monoisotopic (exact) mass is 297 g/mol. The average Bonchev–Trinajstić information content (AvgIpc) is 2.82. The van der Waals surface area contributed by atoms with Gasteiger partial charge in [-0.2, -0.15) is 12.7 Å². The summed E-state index contributed by atoms with van der Waals surface area (Å²) in [6.45, 7) is 5.98. The molecule has 0 amide bonds. The molecule has 2 saturated heterocycles. The van der Waals surface area contributed by atoms with Crippen LogP contribution in [0.4, 0.5) is 0 Å². The van der Waals surface area contributed by atoms with E-state index in [1.807, 2.05) is 0 Å². The van der Waals surface area contributed by atoms with Crippen molar-refractivity contribution in [2.24, 2.45) is 5.41 Å². The summed E-state index contributed by atoms with van der Waals surface area (Å²) < 4.78 is 28.4. The highest BCUT2D eigenvalue weighted by atomic mass is 35.5. The summed E-state index contributed by atoms with van der Waals surface area (Å²) in [7, 11) is -3.24. The topological polar surface area (TPSA) is 61.4 Å². The van der Waals surface area contributed by atoms with Crippen molar-refractivity contribution in [3.05, 3.63) is 0 Å². The maximum atomic E-state index is 12.0. The van der Waals surface area contributed by atoms with Crippen molar-refractivity contribution < 1.29 is 8.42 Å². The van der Waals surface area contributed by atoms with Crippen LogP contribution in [-0.4, -0.2) is 45.4 Å². The fourth-order valence-corrected chi connectivity index (χ4v) is 4.01. The zero-order valence-corrected chi connectivity index (χ0v) is 12.6. The van der Waals surface area contributed by atoms with Gasteiger partial charge in [0.25, 0.3) is 10.2 Å². The van der Waals surface area contributed by atoms with Gasteiger partial charge in [-0.3, -0.25) is 0 Å². The first-order valence-corrected chi connectivity index (χ1v) is 7.91. The summed E-state index contributed by atoms with van der Waals surface area (Å²) in [5.74, 6) is 0. The molecule has 2 heterocycles. The molecule has 0 spiro atoms. The predicted octanol–water partition coefficient (Wildman–Crippen LogP) is 0.728. The molecule has 108 valence electrons. The van der Waals surface area contributed by atoms with Crippen LogP contribution in [0.15, 0.2) is 0 Å². The molecule has 2 aliphatic rings. The number of nitrogens with zero attached hydrogens (tertiary/aromatic N) is 1. The third-order valence-electron chi connectivity index (χ3n) is 3.77. The lowest BCUT2D eigenvalue weighted by Gasteiger charge is -2.34. The standard InChI is InChI=1S/C11H23N3O2S.ClH/c1-11(5-4-6-12-9-11)10-13-17(15,16)14-7-2-3-8-14;/h12-13H,2-10H2,1H3;1H. The molecule has 1 unspecified atom stereocenters. The van der Waals surface area contributed by atoms with E-state index < -0.39 is 10.2 Å². The van der Waals surface area contributed by atoms with Crippen LogP contribution in [0.5, 0.6) is 0 Å². The predicted molar refractivity (Wildman–Crippen MR) is 75.2 cm³/mol. The summed E-state index contributed by atoms with van der Waals surface area (Å²) in [4.78, 5) is 0. The number of nitrogens with one attached hydrogen (secondary N) is 2. The molecule has 18 heavy (non-hydrogen) atoms. The molecule has 0 aromatic heterocycles. The summed E-state index contributed by atoms with van der Waals surface area (Å²) in [6.07, 6.45) is 4.18. The zero-order valence-electron chi connectivity index (χ0n) is 10.9. The minimum absolute atomic E-state index is 0. The smallest absolute Gasteiger partial charge is 0.279 e. The van der Waals surface area contributed by atoms with Crippen LogP contribution in [0.25, 0.3) is 0 Å². The van der Waals surface area contributed by atoms with Crippen molar-refractivity contribution in [2.45, 2.75) is 32.6 Å². The summed E-state index contributed by atoms with van der Waals surface area (Å²) >= 11 is 0. The number of rotatable bonds is 4. The van der Waals surface area contributed by atoms with Crippen molar-refractivity contribution >= 4 is 22.6 Å². The molecule has 2 fully saturated rings. The lowest BCUT2D eigenvalue weighted by atomic mass is 9.83. The summed E-state index contributed by atoms with van der Waals surface area (Å²) in [5.41, 5.74) is 0.0606. The van der Waals surface area contributed by atoms with Crippen molar-refractivity contribution in [1.29, 1.82) is 0 Å². The summed E-state index contributed by atoms with van der Waals surface area (Å²) in [5, 5.41) is 3.33. The Morgan fingerprint density at radius 1 is 1.28 bits per heavy atom. The van der Waals surface area contributed by atoms with E-state index in [2.05, 4.69) is 17.0 Å². The van der Waals surface area contributed by atoms with E-state index in [9.17, 15) is 8.42 Å². The Kier molecular flexibility index (Phi) is 5.86. The maximum Gasteiger partial charge on any atom is 0.279 e. The normalized spacial score (nSPS) is 30.1. The van der Waals surface area contributed by atoms with Crippen LogP contribution in [-0.2, 0) is 10.2 Å². The Morgan fingerprint density at radius 2 is 1.94 bits per heavy atom. The van der Waals surface area contributed by atoms with Gasteiger partial charge in [0, 0.05) is 26.2 Å². The first-order chi connectivity index (χ1) is 8.02. The Bertz CT molecular complexity index is 349. The zero-order chi connectivity index (χ0) is 12.4. The van der Waals surface area contributed by atoms with E-state index in [0.717, 1.165) is 38.8 Å². The Labute approximate surface area is 116 Å². The molecule has 0 aromatic rings. The molecule has 0 aliphatic carbocycles. The molecule has 2 aliphatic heterocycles. The molecule has 0 saturated carbocycles. The van der Waals surface area contributed by atoms with Crippen molar-refractivity contribution in [3.8, 4) is 0 Å². The molecule has 0 aromatic carbocycles. The third-order valence-corrected chi connectivity index (χ3v) is 5.33. The third kappa shape index (κ3) is 4.06. The van der Waals surface area contributed by atoms with Gasteiger partial charge in [0.15, 0.2) is 0 Å². The first-order valence-electron chi connectivity index (χ1n) is 6.47. The van der Waals surface area contributed by atoms with E-state index >= 15 is 0 Å². The van der Waals surface area contributed by atoms with Gasteiger partial charge < -0.3 is 5.32 Å². The van der Waals surface area contributed by atoms with Gasteiger partial charge in [-0.25, -0.2) is 4.72 Å². The minimum atomic E-state index is -3.24. The van der Waals surface area contributed by atoms with Gasteiger partial charge in [0.1, 0.15) is 0 Å². The van der Waals surface area contributed by atoms with Crippen LogP contribution in [0.1, 0.15) is 32.6 Å². The van der Waals surface area contributed by atoms with E-state index in [0.29, 0.717) is 19.6 Å². The van der Waals surface area contributed by atoms with E-state index in [1.54, 1.807) is 4.31 Å². The Hall–Kier alpha value is 0.120. The van der Waals surface area contributed by atoms with Crippen LogP contribution in [0.3, 0.4) is 0 Å². The Balaban J connectivity index is 0.00000162. The van der Waals surface area contributed by atoms with Gasteiger partial charge in [-0.05, 0) is 37.6 Å². The van der Waals surface area contributed by atoms with Crippen molar-refractivity contribution in [3.63, 3.8) is 0 Å². The van der Waals surface area contributed by atoms with Gasteiger partial charge in [0.05, 0.1) is 0 Å². The molecule has 1 atom stereocenters. The van der Waals surface area contributed by atoms with E-state index in [1.165, 1.54) is 0 Å². The lowest BCUT2D eigenvalue weighted by molar-refractivity contribution is 0.237. The van der Waals surface area contributed by atoms with Gasteiger partial charge in [-0.1, -0.05) is 6.92 Å². The molecule has 5 nitrogen and oxygen atoms in total. The van der Waals surface area contributed by atoms with Crippen LogP contribution in [0, 0.1) is 5.41 Å². The van der Waals surface area contributed by atoms with Crippen LogP contribution >= 0.6 is 12.4 Å². The maximum absolute atomic E-state index is 12.0. The number of halogens is 1. The summed E-state index contributed by atoms with van der Waals surface area (Å²) in [6, 6.07) is 0. The number of piperidine rings is 1. The molecule has 7 heteroatoms. The number of hydrogen-bond acceptors (Lipinski definition) is 3. The van der Waals surface area contributed by atoms with Gasteiger partial charge in [0.2, 0.25) is 0 Å². The molecule has 0 bridgehead atoms. The molecular weight excluding hydrogens is 274 g/mol. The van der Waals surface area contributed by atoms with Crippen LogP contribution in [0.2, 0.25) is 0 Å². The molecular formula is C11H24ClN3O2S. The largest absolute Gasteiger partial charge is 0.316 e. The molecule has 2 N–H and O–H groups in total. The van der Waals surface area contributed by atoms with Crippen LogP contribution < -0.4 is 10.0 Å². The minimum Gasteiger partial charge on any atom is -0.316 e. The molecule has 0 radical (unpaired) electrons. The second-order valence-corrected chi connectivity index (χ2v) is 7.28. The SMILES string of the molecule is CC1(CNS(=O)(=O)N2CCCC2)CCCNC1.Cl. The highest BCUT2D eigenvalue weighted by Gasteiger charge is 2.31. The molecule has 2 rings (SSSR count). The second-order valence-electron chi connectivity index (χ2n) is 5.52. The first kappa shape index (κ1) is 16.2. The van der Waals surface area contributed by atoms with Crippen molar-refractivity contribution in [2.75, 3.05) is 32.7 Å². The fraction of sp³-hybridized carbons (Fsp3) is 1.00. The highest BCUT2D eigenvalue weighted by molar-refractivity contribution is 7.87. The van der Waals surface area contributed by atoms with E-state index in [-0.39, 0.29) is 17.8 Å². The Morgan fingerprint density at radius 3 is 2.50 bits per heavy atom. The second kappa shape index (κ2) is 6.52. The van der Waals surface area contributed by atoms with Gasteiger partial charge in [-0.15, -0.1) is 12.4 Å². The van der Waals surface area contributed by atoms with E-state index in [4.69, 9.17) is 0 Å². The lowest BCUT2D eigenvalue weighted by Crippen LogP contribution is -2.48. The van der Waals surface area contributed by atoms with Crippen molar-refractivity contribution in [1.82, 2.24) is 14.3 Å². The quantitative estimate of drug-likeness (QED) is 0.804. The highest BCUT2D eigenvalue weighted by Crippen LogP contribution is 2.24. The average molecular weight is 298 g/mol.